The van der Waals surface area contributed by atoms with Gasteiger partial charge in [0.05, 0.1) is 5.69 Å². The average molecular weight is 335 g/mol. The summed E-state index contributed by atoms with van der Waals surface area (Å²) in [4.78, 5) is 9.14. The van der Waals surface area contributed by atoms with Gasteiger partial charge in [0, 0.05) is 29.9 Å². The summed E-state index contributed by atoms with van der Waals surface area (Å²) >= 11 is 0. The number of pyridine rings is 1. The standard InChI is InChI=1S/C18H21N7/c1-4-13-6-5-7-14(22-13)8-9-21-17-15(10-19)16(20)25-18(23-17)11(2)12(3)24-25/h5-7H,4,8-9,20H2,1-3H3,(H,21,23). The third-order valence-corrected chi connectivity index (χ3v) is 4.28. The Balaban J connectivity index is 1.85. The number of nitrogens with one attached hydrogen (secondary N) is 1. The summed E-state index contributed by atoms with van der Waals surface area (Å²) < 4.78 is 1.53. The van der Waals surface area contributed by atoms with E-state index in [0.717, 1.165) is 35.5 Å². The maximum atomic E-state index is 9.46. The highest BCUT2D eigenvalue weighted by atomic mass is 15.3. The van der Waals surface area contributed by atoms with Crippen LogP contribution in [-0.2, 0) is 12.8 Å². The molecular weight excluding hydrogens is 314 g/mol. The molecule has 0 spiro atoms. The van der Waals surface area contributed by atoms with Gasteiger partial charge in [-0.1, -0.05) is 13.0 Å². The zero-order valence-corrected chi connectivity index (χ0v) is 14.7. The molecule has 128 valence electrons. The Morgan fingerprint density at radius 1 is 1.24 bits per heavy atom. The minimum Gasteiger partial charge on any atom is -0.382 e. The van der Waals surface area contributed by atoms with Crippen LogP contribution >= 0.6 is 0 Å². The Hall–Kier alpha value is -3.14. The molecule has 0 aliphatic carbocycles. The second-order valence-electron chi connectivity index (χ2n) is 5.93. The summed E-state index contributed by atoms with van der Waals surface area (Å²) in [6, 6.07) is 8.16. The first-order valence-corrected chi connectivity index (χ1v) is 8.29. The molecule has 0 fully saturated rings. The summed E-state index contributed by atoms with van der Waals surface area (Å²) in [6.07, 6.45) is 1.65. The highest BCUT2D eigenvalue weighted by Crippen LogP contribution is 2.24. The van der Waals surface area contributed by atoms with Crippen molar-refractivity contribution in [2.75, 3.05) is 17.6 Å². The Morgan fingerprint density at radius 2 is 2.00 bits per heavy atom. The van der Waals surface area contributed by atoms with Gasteiger partial charge in [-0.15, -0.1) is 0 Å². The van der Waals surface area contributed by atoms with Crippen molar-refractivity contribution in [2.45, 2.75) is 33.6 Å². The minimum atomic E-state index is 0.303. The van der Waals surface area contributed by atoms with Gasteiger partial charge in [-0.05, 0) is 32.4 Å². The van der Waals surface area contributed by atoms with Gasteiger partial charge in [-0.3, -0.25) is 4.98 Å². The lowest BCUT2D eigenvalue weighted by atomic mass is 10.2. The predicted octanol–water partition coefficient (Wildman–Crippen LogP) is 2.41. The van der Waals surface area contributed by atoms with Crippen LogP contribution in [0.25, 0.3) is 5.65 Å². The van der Waals surface area contributed by atoms with Crippen LogP contribution in [-0.4, -0.2) is 26.1 Å². The summed E-state index contributed by atoms with van der Waals surface area (Å²) in [6.45, 7) is 6.54. The maximum absolute atomic E-state index is 9.46. The number of nitrogen functional groups attached to an aromatic ring is 1. The average Bonchev–Trinajstić information content (AvgIpc) is 2.91. The molecule has 0 atom stereocenters. The molecule has 0 unspecified atom stereocenters. The van der Waals surface area contributed by atoms with E-state index in [1.807, 2.05) is 32.0 Å². The lowest BCUT2D eigenvalue weighted by Crippen LogP contribution is -2.13. The number of aryl methyl sites for hydroxylation is 3. The van der Waals surface area contributed by atoms with E-state index in [9.17, 15) is 5.26 Å². The molecule has 0 amide bonds. The van der Waals surface area contributed by atoms with E-state index >= 15 is 0 Å². The molecule has 3 heterocycles. The molecule has 0 aliphatic rings. The van der Waals surface area contributed by atoms with Crippen molar-refractivity contribution in [1.29, 1.82) is 5.26 Å². The molecular formula is C18H21N7. The second-order valence-corrected chi connectivity index (χ2v) is 5.93. The van der Waals surface area contributed by atoms with Crippen LogP contribution in [0.15, 0.2) is 18.2 Å². The highest BCUT2D eigenvalue weighted by molar-refractivity contribution is 5.69. The molecule has 25 heavy (non-hydrogen) atoms. The van der Waals surface area contributed by atoms with Gasteiger partial charge >= 0.3 is 0 Å². The molecule has 7 heteroatoms. The monoisotopic (exact) mass is 335 g/mol. The van der Waals surface area contributed by atoms with E-state index in [0.29, 0.717) is 29.4 Å². The lowest BCUT2D eigenvalue weighted by molar-refractivity contribution is 0.903. The van der Waals surface area contributed by atoms with Crippen LogP contribution in [0.2, 0.25) is 0 Å². The maximum Gasteiger partial charge on any atom is 0.162 e. The number of rotatable bonds is 5. The fraction of sp³-hybridized carbons (Fsp3) is 0.333. The minimum absolute atomic E-state index is 0.303. The Labute approximate surface area is 146 Å². The molecule has 0 aliphatic heterocycles. The molecule has 0 bridgehead atoms. The number of anilines is 2. The number of hydrogen-bond donors (Lipinski definition) is 2. The molecule has 3 rings (SSSR count). The topological polar surface area (TPSA) is 105 Å². The van der Waals surface area contributed by atoms with E-state index in [1.165, 1.54) is 4.52 Å². The molecule has 3 N–H and O–H groups in total. The van der Waals surface area contributed by atoms with Gasteiger partial charge in [-0.2, -0.15) is 14.9 Å². The fourth-order valence-electron chi connectivity index (χ4n) is 2.69. The third-order valence-electron chi connectivity index (χ3n) is 4.28. The van der Waals surface area contributed by atoms with Crippen LogP contribution in [0, 0.1) is 25.2 Å². The number of hydrogen-bond acceptors (Lipinski definition) is 6. The van der Waals surface area contributed by atoms with E-state index in [1.54, 1.807) is 0 Å². The van der Waals surface area contributed by atoms with Crippen molar-refractivity contribution in [3.63, 3.8) is 0 Å². The Bertz CT molecular complexity index is 966. The van der Waals surface area contributed by atoms with Crippen molar-refractivity contribution in [3.8, 4) is 6.07 Å². The Kier molecular flexibility index (Phi) is 4.52. The van der Waals surface area contributed by atoms with Crippen molar-refractivity contribution in [1.82, 2.24) is 19.6 Å². The first kappa shape index (κ1) is 16.7. The Morgan fingerprint density at radius 3 is 2.72 bits per heavy atom. The number of nitriles is 1. The number of fused-ring (bicyclic) bond motifs is 1. The zero-order chi connectivity index (χ0) is 18.0. The summed E-state index contributed by atoms with van der Waals surface area (Å²) in [5, 5.41) is 17.0. The quantitative estimate of drug-likeness (QED) is 0.742. The molecule has 0 saturated heterocycles. The predicted molar refractivity (Wildman–Crippen MR) is 97.4 cm³/mol. The van der Waals surface area contributed by atoms with Crippen LogP contribution in [0.4, 0.5) is 11.6 Å². The van der Waals surface area contributed by atoms with E-state index in [4.69, 9.17) is 5.73 Å². The second kappa shape index (κ2) is 6.77. The van der Waals surface area contributed by atoms with Crippen molar-refractivity contribution < 1.29 is 0 Å². The normalized spacial score (nSPS) is 10.8. The summed E-state index contributed by atoms with van der Waals surface area (Å²) in [7, 11) is 0. The molecule has 7 nitrogen and oxygen atoms in total. The number of nitrogens with two attached hydrogens (primary N) is 1. The van der Waals surface area contributed by atoms with Gasteiger partial charge in [0.2, 0.25) is 0 Å². The van der Waals surface area contributed by atoms with Crippen LogP contribution in [0.5, 0.6) is 0 Å². The molecule has 0 radical (unpaired) electrons. The molecule has 0 aromatic carbocycles. The first-order valence-electron chi connectivity index (χ1n) is 8.29. The summed E-state index contributed by atoms with van der Waals surface area (Å²) in [5.74, 6) is 0.791. The van der Waals surface area contributed by atoms with Gasteiger partial charge in [0.15, 0.2) is 5.65 Å². The zero-order valence-electron chi connectivity index (χ0n) is 14.7. The first-order chi connectivity index (χ1) is 12.0. The van der Waals surface area contributed by atoms with Crippen molar-refractivity contribution in [3.05, 3.63) is 46.4 Å². The van der Waals surface area contributed by atoms with Gasteiger partial charge in [0.1, 0.15) is 23.3 Å². The largest absolute Gasteiger partial charge is 0.382 e. The molecule has 3 aromatic heterocycles. The highest BCUT2D eigenvalue weighted by Gasteiger charge is 2.16. The third kappa shape index (κ3) is 3.11. The van der Waals surface area contributed by atoms with Crippen LogP contribution in [0.3, 0.4) is 0 Å². The van der Waals surface area contributed by atoms with Crippen LogP contribution < -0.4 is 11.1 Å². The van der Waals surface area contributed by atoms with Gasteiger partial charge in [0.25, 0.3) is 0 Å². The van der Waals surface area contributed by atoms with Gasteiger partial charge in [-0.25, -0.2) is 4.98 Å². The summed E-state index contributed by atoms with van der Waals surface area (Å²) in [5.41, 5.74) is 11.0. The number of aromatic nitrogens is 4. The van der Waals surface area contributed by atoms with Crippen molar-refractivity contribution >= 4 is 17.3 Å². The van der Waals surface area contributed by atoms with Crippen LogP contribution in [0.1, 0.15) is 35.1 Å². The fourth-order valence-corrected chi connectivity index (χ4v) is 2.69. The van der Waals surface area contributed by atoms with Crippen molar-refractivity contribution in [2.24, 2.45) is 0 Å². The number of nitrogens with zero attached hydrogens (tertiary/aromatic N) is 5. The van der Waals surface area contributed by atoms with E-state index in [-0.39, 0.29) is 0 Å². The molecule has 0 saturated carbocycles. The van der Waals surface area contributed by atoms with Gasteiger partial charge < -0.3 is 11.1 Å². The van der Waals surface area contributed by atoms with E-state index < -0.39 is 0 Å². The van der Waals surface area contributed by atoms with E-state index in [2.05, 4.69) is 33.4 Å². The molecule has 3 aromatic rings. The lowest BCUT2D eigenvalue weighted by Gasteiger charge is -2.10. The smallest absolute Gasteiger partial charge is 0.162 e. The SMILES string of the molecule is CCc1cccc(CCNc2nc3c(C)c(C)nn3c(N)c2C#N)n1.